The number of methoxy groups -OCH3 is 1. The second kappa shape index (κ2) is 9.61. The summed E-state index contributed by atoms with van der Waals surface area (Å²) in [4.78, 5) is 23.3. The van der Waals surface area contributed by atoms with Crippen molar-refractivity contribution in [3.05, 3.63) is 58.8 Å². The van der Waals surface area contributed by atoms with Crippen LogP contribution in [0.25, 0.3) is 11.0 Å². The van der Waals surface area contributed by atoms with Crippen molar-refractivity contribution in [2.75, 3.05) is 43.6 Å². The van der Waals surface area contributed by atoms with E-state index in [4.69, 9.17) is 9.47 Å². The first-order valence-corrected chi connectivity index (χ1v) is 10.6. The molecule has 7 nitrogen and oxygen atoms in total. The molecule has 1 fully saturated rings. The average Bonchev–Trinajstić information content (AvgIpc) is 2.81. The zero-order chi connectivity index (χ0) is 25.3. The molecule has 1 N–H and O–H groups in total. The number of alkyl halides is 3. The van der Waals surface area contributed by atoms with Crippen LogP contribution in [0.1, 0.15) is 34.5 Å². The highest BCUT2D eigenvalue weighted by Gasteiger charge is 2.38. The Kier molecular flexibility index (Phi) is 6.75. The van der Waals surface area contributed by atoms with Gasteiger partial charge >= 0.3 is 12.1 Å². The molecule has 2 aromatic carbocycles. The summed E-state index contributed by atoms with van der Waals surface area (Å²) in [5.41, 5.74) is -0.787. The van der Waals surface area contributed by atoms with Crippen molar-refractivity contribution in [2.24, 2.45) is 0 Å². The van der Waals surface area contributed by atoms with Crippen LogP contribution in [0.4, 0.5) is 33.5 Å². The summed E-state index contributed by atoms with van der Waals surface area (Å²) in [6, 6.07) is 3.41. The van der Waals surface area contributed by atoms with Crippen LogP contribution >= 0.6 is 0 Å². The summed E-state index contributed by atoms with van der Waals surface area (Å²) < 4.78 is 77.1. The van der Waals surface area contributed by atoms with Crippen molar-refractivity contribution >= 4 is 28.5 Å². The Labute approximate surface area is 196 Å². The van der Waals surface area contributed by atoms with Gasteiger partial charge in [0.2, 0.25) is 0 Å². The number of nitrogens with one attached hydrogen (secondary N) is 1. The Balaban J connectivity index is 1.76. The summed E-state index contributed by atoms with van der Waals surface area (Å²) in [5, 5.41) is 2.79. The zero-order valence-electron chi connectivity index (χ0n) is 18.7. The Hall–Kier alpha value is -3.54. The van der Waals surface area contributed by atoms with Crippen molar-refractivity contribution in [3.8, 4) is 0 Å². The molecule has 1 saturated heterocycles. The number of fused-ring (bicyclic) bond motifs is 1. The lowest BCUT2D eigenvalue weighted by atomic mass is 10.0. The highest BCUT2D eigenvalue weighted by Crippen LogP contribution is 2.36. The fourth-order valence-electron chi connectivity index (χ4n) is 3.90. The summed E-state index contributed by atoms with van der Waals surface area (Å²) in [5.74, 6) is -3.54. The number of ether oxygens (including phenoxy) is 2. The lowest BCUT2D eigenvalue weighted by molar-refractivity contribution is -0.142. The first-order valence-electron chi connectivity index (χ1n) is 10.6. The molecule has 0 amide bonds. The first kappa shape index (κ1) is 24.6. The zero-order valence-corrected chi connectivity index (χ0v) is 18.7. The van der Waals surface area contributed by atoms with Crippen LogP contribution in [-0.2, 0) is 15.7 Å². The number of aromatic nitrogens is 2. The van der Waals surface area contributed by atoms with Crippen LogP contribution < -0.4 is 10.2 Å². The maximum atomic E-state index is 14.1. The number of anilines is 2. The molecule has 1 unspecified atom stereocenters. The number of halogens is 5. The van der Waals surface area contributed by atoms with Gasteiger partial charge in [-0.2, -0.15) is 13.2 Å². The second-order valence-corrected chi connectivity index (χ2v) is 7.93. The standard InChI is InChI=1S/C23H21F5N4O3/c1-12(30-14-9-16(24)20(17(25)10-14)23(26,27)28)15-7-13(22(33)34-2)8-18-21(15)31-19(11-29-18)32-3-5-35-6-4-32/h7-12,30H,3-6H2,1-2H3. The average molecular weight is 496 g/mol. The van der Waals surface area contributed by atoms with Gasteiger partial charge in [0, 0.05) is 24.3 Å². The lowest BCUT2D eigenvalue weighted by Gasteiger charge is -2.28. The molecule has 186 valence electrons. The van der Waals surface area contributed by atoms with Crippen molar-refractivity contribution in [1.29, 1.82) is 0 Å². The van der Waals surface area contributed by atoms with Gasteiger partial charge < -0.3 is 19.7 Å². The molecule has 1 aliphatic rings. The normalized spacial score (nSPS) is 15.2. The van der Waals surface area contributed by atoms with Crippen LogP contribution in [0, 0.1) is 11.6 Å². The van der Waals surface area contributed by atoms with E-state index in [1.54, 1.807) is 13.1 Å². The van der Waals surface area contributed by atoms with Crippen LogP contribution in [0.15, 0.2) is 30.5 Å². The van der Waals surface area contributed by atoms with Gasteiger partial charge in [0.15, 0.2) is 0 Å². The van der Waals surface area contributed by atoms with Gasteiger partial charge in [0.05, 0.1) is 49.2 Å². The molecule has 1 atom stereocenters. The van der Waals surface area contributed by atoms with Crippen molar-refractivity contribution < 1.29 is 36.2 Å². The molecule has 12 heteroatoms. The van der Waals surface area contributed by atoms with Crippen LogP contribution in [0.5, 0.6) is 0 Å². The van der Waals surface area contributed by atoms with Gasteiger partial charge in [-0.05, 0) is 31.2 Å². The van der Waals surface area contributed by atoms with Crippen LogP contribution in [0.2, 0.25) is 0 Å². The topological polar surface area (TPSA) is 76.6 Å². The molecule has 0 saturated carbocycles. The SMILES string of the molecule is COC(=O)c1cc(C(C)Nc2cc(F)c(C(F)(F)F)c(F)c2)c2nc(N3CCOCC3)cnc2c1. The van der Waals surface area contributed by atoms with E-state index in [9.17, 15) is 26.7 Å². The van der Waals surface area contributed by atoms with Crippen LogP contribution in [0.3, 0.4) is 0 Å². The van der Waals surface area contributed by atoms with E-state index in [1.807, 2.05) is 4.90 Å². The largest absolute Gasteiger partial charge is 0.465 e. The minimum atomic E-state index is -5.17. The number of benzene rings is 2. The Morgan fingerprint density at radius 2 is 1.80 bits per heavy atom. The third-order valence-corrected chi connectivity index (χ3v) is 5.60. The number of esters is 1. The molecule has 1 aromatic heterocycles. The molecule has 3 aromatic rings. The van der Waals surface area contributed by atoms with Crippen molar-refractivity contribution in [3.63, 3.8) is 0 Å². The van der Waals surface area contributed by atoms with Crippen molar-refractivity contribution in [2.45, 2.75) is 19.1 Å². The summed E-state index contributed by atoms with van der Waals surface area (Å²) >= 11 is 0. The van der Waals surface area contributed by atoms with E-state index in [1.165, 1.54) is 19.2 Å². The van der Waals surface area contributed by atoms with E-state index in [0.29, 0.717) is 60.9 Å². The first-order chi connectivity index (χ1) is 16.6. The lowest BCUT2D eigenvalue weighted by Crippen LogP contribution is -2.36. The van der Waals surface area contributed by atoms with Gasteiger partial charge in [0.1, 0.15) is 23.0 Å². The number of hydrogen-bond acceptors (Lipinski definition) is 7. The maximum absolute atomic E-state index is 14.1. The smallest absolute Gasteiger partial charge is 0.422 e. The Morgan fingerprint density at radius 3 is 2.40 bits per heavy atom. The monoisotopic (exact) mass is 496 g/mol. The van der Waals surface area contributed by atoms with E-state index in [-0.39, 0.29) is 11.3 Å². The molecule has 0 aliphatic carbocycles. The van der Waals surface area contributed by atoms with Crippen molar-refractivity contribution in [1.82, 2.24) is 9.97 Å². The molecule has 2 heterocycles. The summed E-state index contributed by atoms with van der Waals surface area (Å²) in [6.45, 7) is 3.88. The molecule has 35 heavy (non-hydrogen) atoms. The fraction of sp³-hybridized carbons (Fsp3) is 0.348. The number of rotatable bonds is 5. The third-order valence-electron chi connectivity index (χ3n) is 5.60. The van der Waals surface area contributed by atoms with E-state index in [2.05, 4.69) is 15.3 Å². The molecular weight excluding hydrogens is 475 g/mol. The number of morpholine rings is 1. The van der Waals surface area contributed by atoms with Crippen LogP contribution in [-0.4, -0.2) is 49.4 Å². The third kappa shape index (κ3) is 5.11. The molecule has 0 radical (unpaired) electrons. The molecular formula is C23H21F5N4O3. The molecule has 1 aliphatic heterocycles. The summed E-state index contributed by atoms with van der Waals surface area (Å²) in [6.07, 6.45) is -3.61. The van der Waals surface area contributed by atoms with Gasteiger partial charge in [-0.15, -0.1) is 0 Å². The Morgan fingerprint density at radius 1 is 1.14 bits per heavy atom. The number of nitrogens with zero attached hydrogens (tertiary/aromatic N) is 3. The maximum Gasteiger partial charge on any atom is 0.422 e. The van der Waals surface area contributed by atoms with Gasteiger partial charge in [0.25, 0.3) is 0 Å². The minimum Gasteiger partial charge on any atom is -0.465 e. The number of carbonyl (C=O) groups is 1. The van der Waals surface area contributed by atoms with E-state index >= 15 is 0 Å². The predicted octanol–water partition coefficient (Wildman–Crippen LogP) is 4.72. The fourth-order valence-corrected chi connectivity index (χ4v) is 3.90. The number of hydrogen-bond donors (Lipinski definition) is 1. The van der Waals surface area contributed by atoms with E-state index in [0.717, 1.165) is 0 Å². The second-order valence-electron chi connectivity index (χ2n) is 7.93. The molecule has 0 spiro atoms. The van der Waals surface area contributed by atoms with E-state index < -0.39 is 35.4 Å². The highest BCUT2D eigenvalue weighted by atomic mass is 19.4. The highest BCUT2D eigenvalue weighted by molar-refractivity contribution is 5.95. The Bertz CT molecular complexity index is 1240. The van der Waals surface area contributed by atoms with Gasteiger partial charge in [-0.25, -0.2) is 18.6 Å². The number of carbonyl (C=O) groups excluding carboxylic acids is 1. The predicted molar refractivity (Wildman–Crippen MR) is 117 cm³/mol. The van der Waals surface area contributed by atoms with Gasteiger partial charge in [-0.1, -0.05) is 0 Å². The van der Waals surface area contributed by atoms with Gasteiger partial charge in [-0.3, -0.25) is 4.98 Å². The summed E-state index contributed by atoms with van der Waals surface area (Å²) in [7, 11) is 1.22. The molecule has 4 rings (SSSR count). The minimum absolute atomic E-state index is 0.168. The molecule has 0 bridgehead atoms. The quantitative estimate of drug-likeness (QED) is 0.405.